The number of fused-ring (bicyclic) bond motifs is 1. The van der Waals surface area contributed by atoms with E-state index in [0.717, 1.165) is 11.8 Å². The molecule has 3 aliphatic rings. The third-order valence-corrected chi connectivity index (χ3v) is 8.46. The van der Waals surface area contributed by atoms with Gasteiger partial charge in [0.2, 0.25) is 0 Å². The molecular weight excluding hydrogens is 411 g/mol. The summed E-state index contributed by atoms with van der Waals surface area (Å²) in [5.74, 6) is 1.69. The summed E-state index contributed by atoms with van der Waals surface area (Å²) in [6.07, 6.45) is 23.2. The molecule has 0 radical (unpaired) electrons. The van der Waals surface area contributed by atoms with Crippen molar-refractivity contribution in [3.8, 4) is 0 Å². The molecule has 0 spiro atoms. The Kier molecular flexibility index (Phi) is 13.5. The van der Waals surface area contributed by atoms with Crippen molar-refractivity contribution in [1.82, 2.24) is 0 Å². The number of allylic oxidation sites excluding steroid dienone is 8. The van der Waals surface area contributed by atoms with Gasteiger partial charge in [-0.15, -0.1) is 12.2 Å². The first-order valence-corrected chi connectivity index (χ1v) is 9.73. The molecule has 0 aromatic rings. The van der Waals surface area contributed by atoms with Gasteiger partial charge in [0.25, 0.3) is 0 Å². The van der Waals surface area contributed by atoms with Crippen molar-refractivity contribution in [2.24, 2.45) is 11.8 Å². The Bertz CT molecular complexity index is 487. The molecule has 0 aromatic heterocycles. The second-order valence-electron chi connectivity index (χ2n) is 6.93. The normalized spacial score (nSPS) is 29.9. The predicted octanol–water partition coefficient (Wildman–Crippen LogP) is -4.29. The van der Waals surface area contributed by atoms with Gasteiger partial charge in [0.1, 0.15) is 0 Å². The minimum absolute atomic E-state index is 0. The third kappa shape index (κ3) is 5.83. The molecule has 132 valence electrons. The van der Waals surface area contributed by atoms with Crippen LogP contribution in [0.15, 0.2) is 48.1 Å². The van der Waals surface area contributed by atoms with E-state index in [0.29, 0.717) is 5.04 Å². The molecule has 0 nitrogen and oxygen atoms in total. The molecule has 3 unspecified atom stereocenters. The molecule has 0 N–H and O–H groups in total. The quantitative estimate of drug-likeness (QED) is 0.309. The zero-order chi connectivity index (χ0) is 14.0. The van der Waals surface area contributed by atoms with Crippen LogP contribution in [0.25, 0.3) is 0 Å². The average Bonchev–Trinajstić information content (AvgIpc) is 2.77. The van der Waals surface area contributed by atoms with Crippen LogP contribution in [0, 0.1) is 17.4 Å². The Labute approximate surface area is 184 Å². The van der Waals surface area contributed by atoms with Gasteiger partial charge in [0.05, 0.1) is 0 Å². The maximum Gasteiger partial charge on any atom is 4.00 e. The van der Waals surface area contributed by atoms with Crippen molar-refractivity contribution in [1.29, 1.82) is 0 Å². The van der Waals surface area contributed by atoms with E-state index < -0.39 is 0 Å². The van der Waals surface area contributed by atoms with E-state index in [1.807, 2.05) is 5.54 Å². The van der Waals surface area contributed by atoms with Crippen LogP contribution in [-0.2, 0) is 21.7 Å². The van der Waals surface area contributed by atoms with Crippen LogP contribution in [-0.4, -0.2) is 9.52 Å². The minimum Gasteiger partial charge on any atom is -1.00 e. The Morgan fingerprint density at radius 3 is 2.54 bits per heavy atom. The summed E-state index contributed by atoms with van der Waals surface area (Å²) in [7, 11) is -0.213. The number of hydrogen-bond acceptors (Lipinski definition) is 0. The Balaban J connectivity index is 0. The van der Waals surface area contributed by atoms with Crippen molar-refractivity contribution in [3.63, 3.8) is 0 Å². The molecule has 0 aliphatic heterocycles. The molecule has 1 saturated carbocycles. The molecule has 1 fully saturated rings. The van der Waals surface area contributed by atoms with Gasteiger partial charge >= 0.3 is 21.7 Å². The van der Waals surface area contributed by atoms with E-state index >= 15 is 0 Å². The molecule has 0 aromatic carbocycles. The van der Waals surface area contributed by atoms with Crippen LogP contribution < -0.4 is 37.2 Å². The molecule has 0 amide bonds. The number of hydrogen-bond donors (Lipinski definition) is 0. The van der Waals surface area contributed by atoms with Crippen molar-refractivity contribution < 1.29 is 58.9 Å². The van der Waals surface area contributed by atoms with Crippen molar-refractivity contribution >= 4 is 9.52 Å². The third-order valence-electron chi connectivity index (χ3n) is 5.39. The monoisotopic (exact) mass is 436 g/mol. The van der Waals surface area contributed by atoms with Gasteiger partial charge in [-0.25, -0.2) is 17.2 Å². The zero-order valence-corrected chi connectivity index (χ0v) is 19.8. The Hall–Kier alpha value is 0.631. The molecule has 0 bridgehead atoms. The minimum atomic E-state index is -0.213. The smallest absolute Gasteiger partial charge is 1.00 e. The predicted molar refractivity (Wildman–Crippen MR) is 91.4 cm³/mol. The summed E-state index contributed by atoms with van der Waals surface area (Å²) in [5.41, 5.74) is 3.64. The molecule has 3 aliphatic carbocycles. The van der Waals surface area contributed by atoms with Gasteiger partial charge in [-0.1, -0.05) is 56.9 Å². The van der Waals surface area contributed by atoms with Gasteiger partial charge in [-0.05, 0) is 39.7 Å². The van der Waals surface area contributed by atoms with E-state index in [9.17, 15) is 0 Å². The zero-order valence-electron chi connectivity index (χ0n) is 14.6. The number of halogens is 3. The van der Waals surface area contributed by atoms with Crippen molar-refractivity contribution in [2.45, 2.75) is 51.0 Å². The van der Waals surface area contributed by atoms with E-state index in [-0.39, 0.29) is 68.5 Å². The van der Waals surface area contributed by atoms with Gasteiger partial charge < -0.3 is 37.2 Å². The maximum absolute atomic E-state index is 2.55. The summed E-state index contributed by atoms with van der Waals surface area (Å²) in [6, 6.07) is 0. The van der Waals surface area contributed by atoms with Crippen LogP contribution in [0.1, 0.15) is 46.0 Å². The fourth-order valence-corrected chi connectivity index (χ4v) is 7.37. The molecular formula is C19H27Cl3SiTi. The molecule has 0 heterocycles. The number of rotatable bonds is 4. The van der Waals surface area contributed by atoms with E-state index in [2.05, 4.69) is 56.4 Å². The largest absolute Gasteiger partial charge is 4.00 e. The van der Waals surface area contributed by atoms with Crippen LogP contribution in [0.3, 0.4) is 0 Å². The first-order valence-electron chi connectivity index (χ1n) is 8.31. The first-order chi connectivity index (χ1) is 9.74. The van der Waals surface area contributed by atoms with Crippen LogP contribution in [0.4, 0.5) is 0 Å². The average molecular weight is 438 g/mol. The maximum atomic E-state index is 2.55. The van der Waals surface area contributed by atoms with Gasteiger partial charge in [-0.2, -0.15) is 0 Å². The second kappa shape index (κ2) is 12.1. The van der Waals surface area contributed by atoms with E-state index in [4.69, 9.17) is 0 Å². The summed E-state index contributed by atoms with van der Waals surface area (Å²) >= 11 is 0. The van der Waals surface area contributed by atoms with Gasteiger partial charge in [0, 0.05) is 0 Å². The fourth-order valence-electron chi connectivity index (χ4n) is 4.39. The molecule has 24 heavy (non-hydrogen) atoms. The van der Waals surface area contributed by atoms with E-state index in [1.165, 1.54) is 32.1 Å². The molecule has 5 heteroatoms. The molecule has 3 rings (SSSR count). The van der Waals surface area contributed by atoms with Crippen LogP contribution in [0.2, 0.25) is 5.04 Å². The van der Waals surface area contributed by atoms with Gasteiger partial charge in [-0.3, -0.25) is 0 Å². The van der Waals surface area contributed by atoms with Crippen molar-refractivity contribution in [2.75, 3.05) is 0 Å². The standard InChI is InChI=1S/C19H27Si.3ClH.Ti/c1-3-11-19(12-7-4-8-13-19)20-18-15(2)14-16-9-5-6-10-17(16)18;;;;/h4-8,10,12,15-16H,3,9,11,13-14,20H2,1-2H3;3*1H;/q-1;;;;+4/p-3. The molecule has 0 saturated heterocycles. The summed E-state index contributed by atoms with van der Waals surface area (Å²) in [5, 5.41) is 0.532. The Morgan fingerprint density at radius 2 is 1.92 bits per heavy atom. The van der Waals surface area contributed by atoms with Gasteiger partial charge in [0.15, 0.2) is 0 Å². The fraction of sp³-hybridized carbons (Fsp3) is 0.526. The van der Waals surface area contributed by atoms with Crippen molar-refractivity contribution in [3.05, 3.63) is 53.6 Å². The molecule has 3 atom stereocenters. The summed E-state index contributed by atoms with van der Waals surface area (Å²) < 4.78 is 0. The van der Waals surface area contributed by atoms with Crippen LogP contribution in [0.5, 0.6) is 0 Å². The first kappa shape index (κ1) is 26.9. The topological polar surface area (TPSA) is 0 Å². The summed E-state index contributed by atoms with van der Waals surface area (Å²) in [4.78, 5) is 0. The second-order valence-corrected chi connectivity index (χ2v) is 9.45. The van der Waals surface area contributed by atoms with Crippen LogP contribution >= 0.6 is 0 Å². The Morgan fingerprint density at radius 1 is 1.17 bits per heavy atom. The SMILES string of the molecule is CCCC1([SiH2][C-]2C3=CC=CCC3CC2C)C=CC=CC1.[Cl-].[Cl-].[Cl-].[Ti+4]. The van der Waals surface area contributed by atoms with E-state index in [1.54, 1.807) is 5.57 Å². The summed E-state index contributed by atoms with van der Waals surface area (Å²) in [6.45, 7) is 4.82.